The monoisotopic (exact) mass is 294 g/mol. The Bertz CT molecular complexity index is 637. The Balaban J connectivity index is 2.11. The van der Waals surface area contributed by atoms with Crippen molar-refractivity contribution in [3.8, 4) is 5.75 Å². The molecule has 5 nitrogen and oxygen atoms in total. The van der Waals surface area contributed by atoms with Gasteiger partial charge in [0.1, 0.15) is 18.1 Å². The molecule has 0 atom stereocenters. The molecule has 0 saturated carbocycles. The number of nitrogens with two attached hydrogens (primary N) is 1. The van der Waals surface area contributed by atoms with Crippen molar-refractivity contribution in [1.82, 2.24) is 5.43 Å². The van der Waals surface area contributed by atoms with Crippen LogP contribution in [0.2, 0.25) is 5.02 Å². The van der Waals surface area contributed by atoms with Crippen molar-refractivity contribution in [2.45, 2.75) is 20.5 Å². The van der Waals surface area contributed by atoms with Crippen LogP contribution in [-0.4, -0.2) is 5.91 Å². The number of rotatable bonds is 4. The van der Waals surface area contributed by atoms with E-state index in [1.165, 1.54) is 0 Å². The SMILES string of the molecule is Cc1ccc(Cl)cc1OCc1cc(C)c(C(=O)NN)o1. The van der Waals surface area contributed by atoms with Crippen molar-refractivity contribution in [3.63, 3.8) is 0 Å². The van der Waals surface area contributed by atoms with E-state index in [-0.39, 0.29) is 12.4 Å². The lowest BCUT2D eigenvalue weighted by atomic mass is 10.2. The highest BCUT2D eigenvalue weighted by Gasteiger charge is 2.15. The molecule has 106 valence electrons. The van der Waals surface area contributed by atoms with Crippen LogP contribution < -0.4 is 16.0 Å². The number of ether oxygens (including phenoxy) is 1. The average molecular weight is 295 g/mol. The van der Waals surface area contributed by atoms with Crippen LogP contribution in [0.15, 0.2) is 28.7 Å². The molecule has 0 aliphatic carbocycles. The van der Waals surface area contributed by atoms with Crippen molar-refractivity contribution in [3.05, 3.63) is 51.9 Å². The molecular weight excluding hydrogens is 280 g/mol. The number of hydrogen-bond acceptors (Lipinski definition) is 4. The smallest absolute Gasteiger partial charge is 0.301 e. The van der Waals surface area contributed by atoms with Crippen molar-refractivity contribution in [1.29, 1.82) is 0 Å². The van der Waals surface area contributed by atoms with Crippen LogP contribution >= 0.6 is 11.6 Å². The molecule has 6 heteroatoms. The molecule has 1 aromatic heterocycles. The number of aryl methyl sites for hydroxylation is 2. The van der Waals surface area contributed by atoms with Crippen molar-refractivity contribution in [2.75, 3.05) is 0 Å². The van der Waals surface area contributed by atoms with Crippen molar-refractivity contribution < 1.29 is 13.9 Å². The molecule has 2 aromatic rings. The molecule has 0 aliphatic heterocycles. The molecule has 20 heavy (non-hydrogen) atoms. The van der Waals surface area contributed by atoms with Crippen molar-refractivity contribution >= 4 is 17.5 Å². The maximum Gasteiger partial charge on any atom is 0.301 e. The topological polar surface area (TPSA) is 77.5 Å². The third kappa shape index (κ3) is 3.12. The number of hydrazine groups is 1. The van der Waals surface area contributed by atoms with Crippen LogP contribution in [0.25, 0.3) is 0 Å². The fourth-order valence-electron chi connectivity index (χ4n) is 1.79. The molecular formula is C14H15ClN2O3. The van der Waals surface area contributed by atoms with Gasteiger partial charge in [0.2, 0.25) is 0 Å². The minimum absolute atomic E-state index is 0.189. The van der Waals surface area contributed by atoms with Gasteiger partial charge in [-0.05, 0) is 37.6 Å². The average Bonchev–Trinajstić information content (AvgIpc) is 2.80. The third-order valence-electron chi connectivity index (χ3n) is 2.83. The molecule has 1 heterocycles. The van der Waals surface area contributed by atoms with E-state index in [1.54, 1.807) is 25.1 Å². The van der Waals surface area contributed by atoms with E-state index in [1.807, 2.05) is 18.4 Å². The Kier molecular flexibility index (Phi) is 4.32. The van der Waals surface area contributed by atoms with Gasteiger partial charge in [-0.15, -0.1) is 0 Å². The summed E-state index contributed by atoms with van der Waals surface area (Å²) in [4.78, 5) is 11.4. The van der Waals surface area contributed by atoms with E-state index >= 15 is 0 Å². The lowest BCUT2D eigenvalue weighted by Gasteiger charge is -2.07. The van der Waals surface area contributed by atoms with Crippen LogP contribution in [0, 0.1) is 13.8 Å². The van der Waals surface area contributed by atoms with E-state index in [4.69, 9.17) is 26.6 Å². The van der Waals surface area contributed by atoms with Crippen LogP contribution in [0.3, 0.4) is 0 Å². The fraction of sp³-hybridized carbons (Fsp3) is 0.214. The Morgan fingerprint density at radius 3 is 2.80 bits per heavy atom. The van der Waals surface area contributed by atoms with Crippen LogP contribution in [0.5, 0.6) is 5.75 Å². The maximum absolute atomic E-state index is 11.4. The van der Waals surface area contributed by atoms with Crippen LogP contribution in [0.1, 0.15) is 27.4 Å². The Hall–Kier alpha value is -1.98. The summed E-state index contributed by atoms with van der Waals surface area (Å²) in [5.74, 6) is 6.02. The summed E-state index contributed by atoms with van der Waals surface area (Å²) in [7, 11) is 0. The Labute approximate surface area is 121 Å². The Morgan fingerprint density at radius 1 is 1.35 bits per heavy atom. The van der Waals surface area contributed by atoms with Gasteiger partial charge in [-0.25, -0.2) is 5.84 Å². The molecule has 0 spiro atoms. The standard InChI is InChI=1S/C14H15ClN2O3/c1-8-3-4-10(15)6-12(8)19-7-11-5-9(2)13(20-11)14(18)17-16/h3-6H,7,16H2,1-2H3,(H,17,18). The zero-order chi connectivity index (χ0) is 14.7. The largest absolute Gasteiger partial charge is 0.485 e. The normalized spacial score (nSPS) is 10.4. The predicted molar refractivity (Wildman–Crippen MR) is 75.6 cm³/mol. The van der Waals surface area contributed by atoms with Gasteiger partial charge >= 0.3 is 5.91 Å². The van der Waals surface area contributed by atoms with Gasteiger partial charge < -0.3 is 9.15 Å². The lowest BCUT2D eigenvalue weighted by molar-refractivity contribution is 0.0921. The number of carbonyl (C=O) groups excluding carboxylic acids is 1. The van der Waals surface area contributed by atoms with Gasteiger partial charge in [0.05, 0.1) is 0 Å². The van der Waals surface area contributed by atoms with E-state index in [2.05, 4.69) is 0 Å². The Morgan fingerprint density at radius 2 is 2.10 bits per heavy atom. The second-order valence-corrected chi connectivity index (χ2v) is 4.83. The molecule has 1 aromatic carbocycles. The number of nitrogens with one attached hydrogen (secondary N) is 1. The van der Waals surface area contributed by atoms with Crippen LogP contribution in [0.4, 0.5) is 0 Å². The summed E-state index contributed by atoms with van der Waals surface area (Å²) >= 11 is 5.92. The van der Waals surface area contributed by atoms with E-state index in [9.17, 15) is 4.79 Å². The van der Waals surface area contributed by atoms with Gasteiger partial charge in [-0.2, -0.15) is 0 Å². The molecule has 0 fully saturated rings. The highest BCUT2D eigenvalue weighted by Crippen LogP contribution is 2.24. The minimum Gasteiger partial charge on any atom is -0.485 e. The van der Waals surface area contributed by atoms with Gasteiger partial charge in [-0.3, -0.25) is 10.2 Å². The van der Waals surface area contributed by atoms with E-state index in [0.717, 1.165) is 5.56 Å². The van der Waals surface area contributed by atoms with Gasteiger partial charge in [0, 0.05) is 10.6 Å². The van der Waals surface area contributed by atoms with Crippen LogP contribution in [-0.2, 0) is 6.61 Å². The first-order valence-corrected chi connectivity index (χ1v) is 6.38. The summed E-state index contributed by atoms with van der Waals surface area (Å²) in [6.07, 6.45) is 0. The fourth-order valence-corrected chi connectivity index (χ4v) is 1.95. The molecule has 0 radical (unpaired) electrons. The van der Waals surface area contributed by atoms with Gasteiger partial charge in [0.25, 0.3) is 0 Å². The highest BCUT2D eigenvalue weighted by atomic mass is 35.5. The molecule has 3 N–H and O–H groups in total. The molecule has 1 amide bonds. The number of hydrogen-bond donors (Lipinski definition) is 2. The molecule has 2 rings (SSSR count). The predicted octanol–water partition coefficient (Wildman–Crippen LogP) is 2.73. The highest BCUT2D eigenvalue weighted by molar-refractivity contribution is 6.30. The quantitative estimate of drug-likeness (QED) is 0.516. The summed E-state index contributed by atoms with van der Waals surface area (Å²) in [6.45, 7) is 3.90. The number of halogens is 1. The zero-order valence-electron chi connectivity index (χ0n) is 11.2. The molecule has 0 saturated heterocycles. The first kappa shape index (κ1) is 14.4. The van der Waals surface area contributed by atoms with Crippen molar-refractivity contribution in [2.24, 2.45) is 5.84 Å². The first-order chi connectivity index (χ1) is 9.51. The lowest BCUT2D eigenvalue weighted by Crippen LogP contribution is -2.30. The minimum atomic E-state index is -0.465. The summed E-state index contributed by atoms with van der Waals surface area (Å²) in [5.41, 5.74) is 3.71. The van der Waals surface area contributed by atoms with Gasteiger partial charge in [0.15, 0.2) is 5.76 Å². The van der Waals surface area contributed by atoms with E-state index in [0.29, 0.717) is 22.1 Å². The number of amides is 1. The molecule has 0 aliphatic rings. The number of furan rings is 1. The summed E-state index contributed by atoms with van der Waals surface area (Å²) in [5, 5.41) is 0.601. The number of carbonyl (C=O) groups is 1. The second-order valence-electron chi connectivity index (χ2n) is 4.40. The summed E-state index contributed by atoms with van der Waals surface area (Å²) in [6, 6.07) is 7.15. The first-order valence-electron chi connectivity index (χ1n) is 6.00. The summed E-state index contributed by atoms with van der Waals surface area (Å²) < 4.78 is 11.1. The second kappa shape index (κ2) is 5.98. The molecule has 0 unspecified atom stereocenters. The van der Waals surface area contributed by atoms with E-state index < -0.39 is 5.91 Å². The maximum atomic E-state index is 11.4. The molecule has 0 bridgehead atoms. The number of benzene rings is 1. The van der Waals surface area contributed by atoms with Gasteiger partial charge in [-0.1, -0.05) is 17.7 Å². The number of nitrogen functional groups attached to an aromatic ring is 1. The third-order valence-corrected chi connectivity index (χ3v) is 3.06. The zero-order valence-corrected chi connectivity index (χ0v) is 12.0.